The molecule has 3 N–H and O–H groups in total. The van der Waals surface area contributed by atoms with E-state index in [2.05, 4.69) is 20.9 Å². The van der Waals surface area contributed by atoms with Crippen molar-refractivity contribution in [3.63, 3.8) is 0 Å². The molecule has 0 radical (unpaired) electrons. The van der Waals surface area contributed by atoms with Crippen molar-refractivity contribution in [2.24, 2.45) is 4.99 Å². The van der Waals surface area contributed by atoms with E-state index in [-0.39, 0.29) is 36.0 Å². The maximum Gasteiger partial charge on any atom is 0.251 e. The Bertz CT molecular complexity index is 848. The Balaban J connectivity index is 0.00000480. The second-order valence-electron chi connectivity index (χ2n) is 6.48. The number of amides is 1. The molecule has 0 bridgehead atoms. The molecule has 1 atom stereocenters. The minimum absolute atomic E-state index is 0. The van der Waals surface area contributed by atoms with E-state index < -0.39 is 0 Å². The van der Waals surface area contributed by atoms with Crippen molar-refractivity contribution in [1.82, 2.24) is 16.0 Å². The second-order valence-corrected chi connectivity index (χ2v) is 6.48. The van der Waals surface area contributed by atoms with Crippen molar-refractivity contribution in [2.75, 3.05) is 40.9 Å². The zero-order chi connectivity index (χ0) is 21.8. The highest BCUT2D eigenvalue weighted by molar-refractivity contribution is 14.0. The van der Waals surface area contributed by atoms with Gasteiger partial charge in [0, 0.05) is 31.8 Å². The van der Waals surface area contributed by atoms with Crippen LogP contribution in [0.5, 0.6) is 17.2 Å². The Morgan fingerprint density at radius 2 is 1.55 bits per heavy atom. The number of aliphatic imine (C=N–C) groups is 1. The molecule has 0 aromatic heterocycles. The van der Waals surface area contributed by atoms with E-state index in [0.717, 1.165) is 11.5 Å². The third kappa shape index (κ3) is 9.33. The number of carbonyl (C=O) groups excluding carboxylic acids is 1. The van der Waals surface area contributed by atoms with Gasteiger partial charge in [0.1, 0.15) is 23.4 Å². The zero-order valence-electron chi connectivity index (χ0n) is 18.3. The molecule has 0 aliphatic rings. The first-order chi connectivity index (χ1) is 14.5. The van der Waals surface area contributed by atoms with Crippen LogP contribution in [0.1, 0.15) is 17.3 Å². The lowest BCUT2D eigenvalue weighted by molar-refractivity contribution is 0.0954. The van der Waals surface area contributed by atoms with Crippen LogP contribution in [0.25, 0.3) is 0 Å². The lowest BCUT2D eigenvalue weighted by Gasteiger charge is -2.18. The first kappa shape index (κ1) is 26.3. The number of halogens is 1. The molecule has 0 saturated carbocycles. The first-order valence-electron chi connectivity index (χ1n) is 9.73. The summed E-state index contributed by atoms with van der Waals surface area (Å²) in [6.45, 7) is 3.51. The highest BCUT2D eigenvalue weighted by Gasteiger charge is 2.08. The van der Waals surface area contributed by atoms with Crippen molar-refractivity contribution in [3.8, 4) is 17.2 Å². The molecular formula is C22H31IN4O4. The highest BCUT2D eigenvalue weighted by Crippen LogP contribution is 2.19. The van der Waals surface area contributed by atoms with Crippen LogP contribution < -0.4 is 30.2 Å². The van der Waals surface area contributed by atoms with Gasteiger partial charge in [-0.05, 0) is 37.3 Å². The van der Waals surface area contributed by atoms with Gasteiger partial charge in [0.15, 0.2) is 5.96 Å². The lowest BCUT2D eigenvalue weighted by Crippen LogP contribution is -2.44. The number of rotatable bonds is 10. The summed E-state index contributed by atoms with van der Waals surface area (Å²) in [5.74, 6) is 2.62. The molecule has 170 valence electrons. The Morgan fingerprint density at radius 3 is 2.23 bits per heavy atom. The minimum atomic E-state index is -0.154. The van der Waals surface area contributed by atoms with E-state index in [1.54, 1.807) is 45.5 Å². The summed E-state index contributed by atoms with van der Waals surface area (Å²) in [7, 11) is 4.89. The van der Waals surface area contributed by atoms with Gasteiger partial charge in [0.05, 0.1) is 20.8 Å². The van der Waals surface area contributed by atoms with Gasteiger partial charge in [-0.2, -0.15) is 0 Å². The predicted molar refractivity (Wildman–Crippen MR) is 133 cm³/mol. The maximum atomic E-state index is 12.2. The SMILES string of the molecule is CN=C(NCCNC(=O)c1cccc(OC)c1)NCC(C)Oc1cccc(OC)c1.I. The number of nitrogens with one attached hydrogen (secondary N) is 3. The zero-order valence-corrected chi connectivity index (χ0v) is 20.6. The van der Waals surface area contributed by atoms with Crippen LogP contribution in [0.3, 0.4) is 0 Å². The number of guanidine groups is 1. The van der Waals surface area contributed by atoms with E-state index in [4.69, 9.17) is 14.2 Å². The molecular weight excluding hydrogens is 511 g/mol. The average molecular weight is 542 g/mol. The smallest absolute Gasteiger partial charge is 0.251 e. The van der Waals surface area contributed by atoms with E-state index >= 15 is 0 Å². The number of carbonyl (C=O) groups is 1. The summed E-state index contributed by atoms with van der Waals surface area (Å²) in [5, 5.41) is 9.23. The Hall–Kier alpha value is -2.69. The number of hydrogen-bond donors (Lipinski definition) is 3. The summed E-state index contributed by atoms with van der Waals surface area (Å²) < 4.78 is 16.2. The van der Waals surface area contributed by atoms with Gasteiger partial charge >= 0.3 is 0 Å². The standard InChI is InChI=1S/C22H30N4O4.HI/c1-16(30-20-10-6-9-19(14-20)29-4)15-26-22(23-2)25-12-11-24-21(27)17-7-5-8-18(13-17)28-3;/h5-10,13-14,16H,11-12,15H2,1-4H3,(H,24,27)(H2,23,25,26);1H. The van der Waals surface area contributed by atoms with Crippen molar-refractivity contribution < 1.29 is 19.0 Å². The molecule has 0 aliphatic heterocycles. The normalized spacial score (nSPS) is 11.5. The molecule has 2 aromatic carbocycles. The maximum absolute atomic E-state index is 12.2. The molecule has 2 rings (SSSR count). The Kier molecular flexibility index (Phi) is 12.2. The van der Waals surface area contributed by atoms with Crippen LogP contribution >= 0.6 is 24.0 Å². The van der Waals surface area contributed by atoms with Crippen molar-refractivity contribution >= 4 is 35.8 Å². The number of ether oxygens (including phenoxy) is 3. The predicted octanol–water partition coefficient (Wildman–Crippen LogP) is 2.68. The van der Waals surface area contributed by atoms with Crippen molar-refractivity contribution in [2.45, 2.75) is 13.0 Å². The van der Waals surface area contributed by atoms with E-state index in [1.807, 2.05) is 31.2 Å². The number of nitrogens with zero attached hydrogens (tertiary/aromatic N) is 1. The van der Waals surface area contributed by atoms with Crippen LogP contribution in [0.2, 0.25) is 0 Å². The van der Waals surface area contributed by atoms with Gasteiger partial charge in [0.2, 0.25) is 0 Å². The van der Waals surface area contributed by atoms with Gasteiger partial charge in [-0.25, -0.2) is 0 Å². The van der Waals surface area contributed by atoms with Crippen LogP contribution in [-0.4, -0.2) is 58.9 Å². The molecule has 0 spiro atoms. The van der Waals surface area contributed by atoms with Crippen LogP contribution in [0.15, 0.2) is 53.5 Å². The van der Waals surface area contributed by atoms with E-state index in [0.29, 0.717) is 36.9 Å². The molecule has 9 heteroatoms. The lowest BCUT2D eigenvalue weighted by atomic mass is 10.2. The summed E-state index contributed by atoms with van der Waals surface area (Å²) in [5.41, 5.74) is 0.556. The monoisotopic (exact) mass is 542 g/mol. The highest BCUT2D eigenvalue weighted by atomic mass is 127. The average Bonchev–Trinajstić information content (AvgIpc) is 2.78. The van der Waals surface area contributed by atoms with E-state index in [1.165, 1.54) is 0 Å². The third-order valence-electron chi connectivity index (χ3n) is 4.19. The summed E-state index contributed by atoms with van der Waals surface area (Å²) in [4.78, 5) is 16.4. The molecule has 0 aliphatic carbocycles. The van der Waals surface area contributed by atoms with Gasteiger partial charge in [-0.15, -0.1) is 24.0 Å². The van der Waals surface area contributed by atoms with Gasteiger partial charge in [0.25, 0.3) is 5.91 Å². The molecule has 2 aromatic rings. The minimum Gasteiger partial charge on any atom is -0.497 e. The molecule has 1 amide bonds. The van der Waals surface area contributed by atoms with Gasteiger partial charge in [-0.1, -0.05) is 12.1 Å². The Labute approximate surface area is 200 Å². The quantitative estimate of drug-likeness (QED) is 0.185. The fraction of sp³-hybridized carbons (Fsp3) is 0.364. The molecule has 0 fully saturated rings. The number of methoxy groups -OCH3 is 2. The number of hydrogen-bond acceptors (Lipinski definition) is 5. The van der Waals surface area contributed by atoms with Crippen molar-refractivity contribution in [1.29, 1.82) is 0 Å². The summed E-state index contributed by atoms with van der Waals surface area (Å²) in [6.07, 6.45) is -0.0802. The van der Waals surface area contributed by atoms with Crippen LogP contribution in [0, 0.1) is 0 Å². The molecule has 0 heterocycles. The molecule has 8 nitrogen and oxygen atoms in total. The van der Waals surface area contributed by atoms with E-state index in [9.17, 15) is 4.79 Å². The van der Waals surface area contributed by atoms with Crippen LogP contribution in [0.4, 0.5) is 0 Å². The fourth-order valence-corrected chi connectivity index (χ4v) is 2.63. The first-order valence-corrected chi connectivity index (χ1v) is 9.73. The van der Waals surface area contributed by atoms with Crippen LogP contribution in [-0.2, 0) is 0 Å². The van der Waals surface area contributed by atoms with Gasteiger partial charge in [-0.3, -0.25) is 9.79 Å². The molecule has 1 unspecified atom stereocenters. The fourth-order valence-electron chi connectivity index (χ4n) is 2.63. The topological polar surface area (TPSA) is 93.2 Å². The van der Waals surface area contributed by atoms with Gasteiger partial charge < -0.3 is 30.2 Å². The molecule has 31 heavy (non-hydrogen) atoms. The Morgan fingerprint density at radius 1 is 0.935 bits per heavy atom. The van der Waals surface area contributed by atoms with Crippen molar-refractivity contribution in [3.05, 3.63) is 54.1 Å². The third-order valence-corrected chi connectivity index (χ3v) is 4.19. The summed E-state index contributed by atoms with van der Waals surface area (Å²) >= 11 is 0. The molecule has 0 saturated heterocycles. The second kappa shape index (κ2) is 14.3. The summed E-state index contributed by atoms with van der Waals surface area (Å²) in [6, 6.07) is 14.5. The largest absolute Gasteiger partial charge is 0.497 e. The number of benzene rings is 2.